The molecule has 0 radical (unpaired) electrons. The summed E-state index contributed by atoms with van der Waals surface area (Å²) in [5.41, 5.74) is 1.95. The van der Waals surface area contributed by atoms with E-state index in [2.05, 4.69) is 45.2 Å². The zero-order valence-electron chi connectivity index (χ0n) is 15.2. The number of carbonyl (C=O) groups is 1. The summed E-state index contributed by atoms with van der Waals surface area (Å²) in [6.45, 7) is 3.61. The highest BCUT2D eigenvalue weighted by Crippen LogP contribution is 2.24. The number of amides is 1. The molecule has 0 aliphatic carbocycles. The van der Waals surface area contributed by atoms with Crippen molar-refractivity contribution in [1.29, 1.82) is 0 Å². The lowest BCUT2D eigenvalue weighted by Crippen LogP contribution is -2.36. The number of benzene rings is 1. The van der Waals surface area contributed by atoms with Gasteiger partial charge in [0, 0.05) is 32.4 Å². The SMILES string of the molecule is O=C(c1ccnc(N2CCC(Cc3ccccc3)CC2)n1)N1CCCC1. The minimum atomic E-state index is 0.0464. The van der Waals surface area contributed by atoms with Gasteiger partial charge < -0.3 is 9.80 Å². The van der Waals surface area contributed by atoms with Crippen molar-refractivity contribution < 1.29 is 4.79 Å². The average Bonchev–Trinajstić information content (AvgIpc) is 3.24. The third-order valence-corrected chi connectivity index (χ3v) is 5.52. The Morgan fingerprint density at radius 1 is 1.00 bits per heavy atom. The molecule has 0 N–H and O–H groups in total. The predicted molar refractivity (Wildman–Crippen MR) is 102 cm³/mol. The van der Waals surface area contributed by atoms with Gasteiger partial charge in [0.2, 0.25) is 5.95 Å². The molecule has 0 unspecified atom stereocenters. The van der Waals surface area contributed by atoms with Crippen LogP contribution in [0.2, 0.25) is 0 Å². The second kappa shape index (κ2) is 7.85. The number of aromatic nitrogens is 2. The lowest BCUT2D eigenvalue weighted by Gasteiger charge is -2.32. The molecule has 1 aromatic carbocycles. The monoisotopic (exact) mass is 350 g/mol. The molecule has 0 spiro atoms. The normalized spacial score (nSPS) is 18.3. The van der Waals surface area contributed by atoms with Crippen LogP contribution in [0.15, 0.2) is 42.6 Å². The summed E-state index contributed by atoms with van der Waals surface area (Å²) in [6, 6.07) is 12.5. The Balaban J connectivity index is 1.37. The van der Waals surface area contributed by atoms with Gasteiger partial charge in [-0.3, -0.25) is 4.79 Å². The van der Waals surface area contributed by atoms with E-state index in [4.69, 9.17) is 0 Å². The summed E-state index contributed by atoms with van der Waals surface area (Å²) in [7, 11) is 0. The minimum Gasteiger partial charge on any atom is -0.341 e. The van der Waals surface area contributed by atoms with Crippen molar-refractivity contribution in [2.75, 3.05) is 31.1 Å². The number of anilines is 1. The molecule has 0 bridgehead atoms. The number of hydrogen-bond acceptors (Lipinski definition) is 4. The standard InChI is InChI=1S/C21H26N4O/c26-20(24-12-4-5-13-24)19-8-11-22-21(23-19)25-14-9-18(10-15-25)16-17-6-2-1-3-7-17/h1-3,6-8,11,18H,4-5,9-10,12-16H2. The van der Waals surface area contributed by atoms with E-state index in [1.807, 2.05) is 4.90 Å². The fourth-order valence-electron chi connectivity index (χ4n) is 3.99. The van der Waals surface area contributed by atoms with Crippen LogP contribution >= 0.6 is 0 Å². The first-order valence-corrected chi connectivity index (χ1v) is 9.71. The number of carbonyl (C=O) groups excluding carboxylic acids is 1. The van der Waals surface area contributed by atoms with Gasteiger partial charge in [-0.05, 0) is 49.7 Å². The zero-order chi connectivity index (χ0) is 17.8. The largest absolute Gasteiger partial charge is 0.341 e. The molecule has 136 valence electrons. The fraction of sp³-hybridized carbons (Fsp3) is 0.476. The molecule has 1 aromatic heterocycles. The Bertz CT molecular complexity index is 735. The van der Waals surface area contributed by atoms with Crippen molar-refractivity contribution in [1.82, 2.24) is 14.9 Å². The van der Waals surface area contributed by atoms with Crippen molar-refractivity contribution in [3.05, 3.63) is 53.9 Å². The Hall–Kier alpha value is -2.43. The van der Waals surface area contributed by atoms with Gasteiger partial charge in [0.1, 0.15) is 5.69 Å². The number of hydrogen-bond donors (Lipinski definition) is 0. The second-order valence-electron chi connectivity index (χ2n) is 7.36. The van der Waals surface area contributed by atoms with Gasteiger partial charge >= 0.3 is 0 Å². The molecule has 2 aliphatic heterocycles. The highest BCUT2D eigenvalue weighted by Gasteiger charge is 2.24. The van der Waals surface area contributed by atoms with Gasteiger partial charge in [-0.25, -0.2) is 9.97 Å². The maximum atomic E-state index is 12.6. The van der Waals surface area contributed by atoms with Gasteiger partial charge in [-0.15, -0.1) is 0 Å². The first-order chi connectivity index (χ1) is 12.8. The van der Waals surface area contributed by atoms with E-state index in [0.29, 0.717) is 17.6 Å². The van der Waals surface area contributed by atoms with E-state index in [9.17, 15) is 4.79 Å². The fourth-order valence-corrected chi connectivity index (χ4v) is 3.99. The van der Waals surface area contributed by atoms with Crippen LogP contribution in [0.3, 0.4) is 0 Å². The molecule has 5 heteroatoms. The van der Waals surface area contributed by atoms with Gasteiger partial charge in [0.25, 0.3) is 5.91 Å². The van der Waals surface area contributed by atoms with Gasteiger partial charge in [-0.1, -0.05) is 30.3 Å². The summed E-state index contributed by atoms with van der Waals surface area (Å²) in [4.78, 5) is 25.7. The third-order valence-electron chi connectivity index (χ3n) is 5.52. The zero-order valence-corrected chi connectivity index (χ0v) is 15.2. The summed E-state index contributed by atoms with van der Waals surface area (Å²) in [6.07, 6.45) is 7.34. The molecule has 0 saturated carbocycles. The molecule has 2 aromatic rings. The highest BCUT2D eigenvalue weighted by atomic mass is 16.2. The first kappa shape index (κ1) is 17.0. The molecule has 2 aliphatic rings. The van der Waals surface area contributed by atoms with Gasteiger partial charge in [0.15, 0.2) is 0 Å². The molecule has 26 heavy (non-hydrogen) atoms. The molecule has 2 saturated heterocycles. The number of likely N-dealkylation sites (tertiary alicyclic amines) is 1. The second-order valence-corrected chi connectivity index (χ2v) is 7.36. The highest BCUT2D eigenvalue weighted by molar-refractivity contribution is 5.92. The van der Waals surface area contributed by atoms with Crippen molar-refractivity contribution in [2.45, 2.75) is 32.1 Å². The summed E-state index contributed by atoms with van der Waals surface area (Å²) >= 11 is 0. The van der Waals surface area contributed by atoms with E-state index >= 15 is 0 Å². The lowest BCUT2D eigenvalue weighted by molar-refractivity contribution is 0.0787. The lowest BCUT2D eigenvalue weighted by atomic mass is 9.90. The molecule has 1 amide bonds. The quantitative estimate of drug-likeness (QED) is 0.850. The Morgan fingerprint density at radius 2 is 1.73 bits per heavy atom. The maximum Gasteiger partial charge on any atom is 0.272 e. The van der Waals surface area contributed by atoms with Crippen LogP contribution in [-0.4, -0.2) is 47.0 Å². The van der Waals surface area contributed by atoms with Gasteiger partial charge in [-0.2, -0.15) is 0 Å². The third kappa shape index (κ3) is 3.87. The van der Waals surface area contributed by atoms with Crippen molar-refractivity contribution in [3.63, 3.8) is 0 Å². The van der Waals surface area contributed by atoms with Gasteiger partial charge in [0.05, 0.1) is 0 Å². The number of rotatable bonds is 4. The Labute approximate surface area is 155 Å². The minimum absolute atomic E-state index is 0.0464. The average molecular weight is 350 g/mol. The van der Waals surface area contributed by atoms with Crippen LogP contribution in [-0.2, 0) is 6.42 Å². The number of nitrogens with zero attached hydrogens (tertiary/aromatic N) is 4. The van der Waals surface area contributed by atoms with Crippen LogP contribution < -0.4 is 4.90 Å². The van der Waals surface area contributed by atoms with Crippen LogP contribution in [0.25, 0.3) is 0 Å². The first-order valence-electron chi connectivity index (χ1n) is 9.71. The Morgan fingerprint density at radius 3 is 2.46 bits per heavy atom. The van der Waals surface area contributed by atoms with Crippen molar-refractivity contribution in [3.8, 4) is 0 Å². The molecule has 0 atom stereocenters. The van der Waals surface area contributed by atoms with Crippen molar-refractivity contribution in [2.24, 2.45) is 5.92 Å². The molecule has 3 heterocycles. The maximum absolute atomic E-state index is 12.6. The van der Waals surface area contributed by atoms with Crippen molar-refractivity contribution >= 4 is 11.9 Å². The molecular formula is C21H26N4O. The van der Waals surface area contributed by atoms with E-state index in [1.165, 1.54) is 5.56 Å². The Kier molecular flexibility index (Phi) is 5.14. The topological polar surface area (TPSA) is 49.3 Å². The van der Waals surface area contributed by atoms with E-state index in [-0.39, 0.29) is 5.91 Å². The number of piperidine rings is 1. The van der Waals surface area contributed by atoms with Crippen LogP contribution in [0.4, 0.5) is 5.95 Å². The smallest absolute Gasteiger partial charge is 0.272 e. The van der Waals surface area contributed by atoms with E-state index in [0.717, 1.165) is 58.3 Å². The van der Waals surface area contributed by atoms with Crippen LogP contribution in [0, 0.1) is 5.92 Å². The van der Waals surface area contributed by atoms with Crippen LogP contribution in [0.1, 0.15) is 41.7 Å². The summed E-state index contributed by atoms with van der Waals surface area (Å²) in [5, 5.41) is 0. The molecular weight excluding hydrogens is 324 g/mol. The molecule has 4 rings (SSSR count). The molecule has 5 nitrogen and oxygen atoms in total. The van der Waals surface area contributed by atoms with Crippen LogP contribution in [0.5, 0.6) is 0 Å². The predicted octanol–water partition coefficient (Wildman–Crippen LogP) is 3.17. The van der Waals surface area contributed by atoms with E-state index in [1.54, 1.807) is 12.3 Å². The summed E-state index contributed by atoms with van der Waals surface area (Å²) < 4.78 is 0. The molecule has 2 fully saturated rings. The van der Waals surface area contributed by atoms with E-state index < -0.39 is 0 Å². The summed E-state index contributed by atoms with van der Waals surface area (Å²) in [5.74, 6) is 1.46.